The maximum Gasteiger partial charge on any atom is 0.251 e. The fourth-order valence-corrected chi connectivity index (χ4v) is 3.16. The molecule has 0 spiro atoms. The van der Waals surface area contributed by atoms with Gasteiger partial charge in [-0.15, -0.1) is 0 Å². The van der Waals surface area contributed by atoms with Crippen molar-refractivity contribution < 1.29 is 18.3 Å². The molecular weight excluding hydrogens is 338 g/mol. The number of benzene rings is 1. The standard InChI is InChI=1S/C17H23ClF2N2O2/c1-24-15-4-2-12(10-14(15)18)3-5-17(23)21-13-6-8-22(9-7-13)11-16(19)20/h2,4,10,13,16H,3,5-9,11H2,1H3,(H,21,23). The first kappa shape index (κ1) is 18.9. The van der Waals surface area contributed by atoms with E-state index in [1.54, 1.807) is 24.1 Å². The summed E-state index contributed by atoms with van der Waals surface area (Å²) in [6.45, 7) is 1.02. The third kappa shape index (κ3) is 5.91. The van der Waals surface area contributed by atoms with Gasteiger partial charge in [-0.05, 0) is 37.0 Å². The normalized spacial score (nSPS) is 16.4. The number of piperidine rings is 1. The Morgan fingerprint density at radius 3 is 2.71 bits per heavy atom. The summed E-state index contributed by atoms with van der Waals surface area (Å²) in [6, 6.07) is 5.55. The van der Waals surface area contributed by atoms with Crippen LogP contribution in [0, 0.1) is 0 Å². The molecule has 0 aromatic heterocycles. The summed E-state index contributed by atoms with van der Waals surface area (Å²) in [5.74, 6) is 0.592. The second kappa shape index (κ2) is 9.18. The van der Waals surface area contributed by atoms with Crippen LogP contribution in [0.25, 0.3) is 0 Å². The molecule has 1 aliphatic heterocycles. The molecule has 0 unspecified atom stereocenters. The highest BCUT2D eigenvalue weighted by Crippen LogP contribution is 2.25. The van der Waals surface area contributed by atoms with Gasteiger partial charge in [0.15, 0.2) is 0 Å². The van der Waals surface area contributed by atoms with Crippen LogP contribution in [0.5, 0.6) is 5.75 Å². The minimum Gasteiger partial charge on any atom is -0.495 e. The molecule has 1 aromatic rings. The molecule has 2 rings (SSSR count). The Hall–Kier alpha value is -1.40. The SMILES string of the molecule is COc1ccc(CCC(=O)NC2CCN(CC(F)F)CC2)cc1Cl. The van der Waals surface area contributed by atoms with Gasteiger partial charge >= 0.3 is 0 Å². The molecule has 134 valence electrons. The number of amides is 1. The van der Waals surface area contributed by atoms with E-state index >= 15 is 0 Å². The van der Waals surface area contributed by atoms with Crippen LogP contribution in [0.15, 0.2) is 18.2 Å². The number of likely N-dealkylation sites (tertiary alicyclic amines) is 1. The van der Waals surface area contributed by atoms with Crippen molar-refractivity contribution in [2.75, 3.05) is 26.7 Å². The first-order chi connectivity index (χ1) is 11.5. The number of carbonyl (C=O) groups excluding carboxylic acids is 1. The number of aryl methyl sites for hydroxylation is 1. The molecule has 1 aromatic carbocycles. The third-order valence-corrected chi connectivity index (χ3v) is 4.50. The zero-order chi connectivity index (χ0) is 17.5. The number of nitrogens with zero attached hydrogens (tertiary/aromatic N) is 1. The lowest BCUT2D eigenvalue weighted by Gasteiger charge is -2.32. The summed E-state index contributed by atoms with van der Waals surface area (Å²) in [4.78, 5) is 13.8. The topological polar surface area (TPSA) is 41.6 Å². The molecule has 4 nitrogen and oxygen atoms in total. The second-order valence-electron chi connectivity index (χ2n) is 6.00. The Morgan fingerprint density at radius 1 is 1.42 bits per heavy atom. The summed E-state index contributed by atoms with van der Waals surface area (Å²) < 4.78 is 29.8. The van der Waals surface area contributed by atoms with E-state index in [1.807, 2.05) is 6.07 Å². The van der Waals surface area contributed by atoms with Gasteiger partial charge in [-0.25, -0.2) is 8.78 Å². The number of carbonyl (C=O) groups is 1. The van der Waals surface area contributed by atoms with Gasteiger partial charge in [0.05, 0.1) is 18.7 Å². The molecule has 0 radical (unpaired) electrons. The van der Waals surface area contributed by atoms with Crippen molar-refractivity contribution >= 4 is 17.5 Å². The lowest BCUT2D eigenvalue weighted by Crippen LogP contribution is -2.45. The van der Waals surface area contributed by atoms with Crippen molar-refractivity contribution in [2.45, 2.75) is 38.2 Å². The van der Waals surface area contributed by atoms with Crippen LogP contribution in [0.4, 0.5) is 8.78 Å². The monoisotopic (exact) mass is 360 g/mol. The molecule has 1 N–H and O–H groups in total. The van der Waals surface area contributed by atoms with Crippen LogP contribution in [-0.2, 0) is 11.2 Å². The van der Waals surface area contributed by atoms with E-state index in [2.05, 4.69) is 5.32 Å². The van der Waals surface area contributed by atoms with Gasteiger partial charge in [0.1, 0.15) is 5.75 Å². The fraction of sp³-hybridized carbons (Fsp3) is 0.588. The Balaban J connectivity index is 1.71. The van der Waals surface area contributed by atoms with Gasteiger partial charge in [-0.3, -0.25) is 9.69 Å². The predicted octanol–water partition coefficient (Wildman–Crippen LogP) is 3.13. The number of nitrogens with one attached hydrogen (secondary N) is 1. The van der Waals surface area contributed by atoms with Gasteiger partial charge in [0.25, 0.3) is 6.43 Å². The maximum atomic E-state index is 12.3. The first-order valence-electron chi connectivity index (χ1n) is 8.10. The largest absolute Gasteiger partial charge is 0.495 e. The molecule has 1 saturated heterocycles. The minimum atomic E-state index is -2.30. The number of hydrogen-bond acceptors (Lipinski definition) is 3. The molecule has 1 fully saturated rings. The lowest BCUT2D eigenvalue weighted by atomic mass is 10.0. The molecule has 0 saturated carbocycles. The van der Waals surface area contributed by atoms with E-state index in [9.17, 15) is 13.6 Å². The van der Waals surface area contributed by atoms with Gasteiger partial charge in [-0.2, -0.15) is 0 Å². The Kier molecular flexibility index (Phi) is 7.24. The smallest absolute Gasteiger partial charge is 0.251 e. The van der Waals surface area contributed by atoms with Crippen LogP contribution in [-0.4, -0.2) is 50.0 Å². The van der Waals surface area contributed by atoms with Gasteiger partial charge in [0, 0.05) is 25.6 Å². The van der Waals surface area contributed by atoms with Crippen LogP contribution in [0.3, 0.4) is 0 Å². The number of rotatable bonds is 7. The number of methoxy groups -OCH3 is 1. The molecule has 0 bridgehead atoms. The average Bonchev–Trinajstić information content (AvgIpc) is 2.54. The second-order valence-corrected chi connectivity index (χ2v) is 6.41. The van der Waals surface area contributed by atoms with Crippen LogP contribution in [0.2, 0.25) is 5.02 Å². The number of alkyl halides is 2. The third-order valence-electron chi connectivity index (χ3n) is 4.21. The van der Waals surface area contributed by atoms with E-state index in [4.69, 9.17) is 16.3 Å². The van der Waals surface area contributed by atoms with E-state index in [1.165, 1.54) is 0 Å². The Bertz CT molecular complexity index is 549. The van der Waals surface area contributed by atoms with Crippen LogP contribution in [0.1, 0.15) is 24.8 Å². The maximum absolute atomic E-state index is 12.3. The Morgan fingerprint density at radius 2 is 2.12 bits per heavy atom. The quantitative estimate of drug-likeness (QED) is 0.812. The summed E-state index contributed by atoms with van der Waals surface area (Å²) in [5.41, 5.74) is 0.975. The molecule has 1 amide bonds. The van der Waals surface area contributed by atoms with E-state index in [0.717, 1.165) is 5.56 Å². The molecular formula is C17H23ClF2N2O2. The van der Waals surface area contributed by atoms with Crippen molar-refractivity contribution in [3.8, 4) is 5.75 Å². The number of ether oxygens (including phenoxy) is 1. The highest BCUT2D eigenvalue weighted by molar-refractivity contribution is 6.32. The zero-order valence-electron chi connectivity index (χ0n) is 13.7. The fourth-order valence-electron chi connectivity index (χ4n) is 2.88. The molecule has 7 heteroatoms. The van der Waals surface area contributed by atoms with Gasteiger partial charge < -0.3 is 10.1 Å². The highest BCUT2D eigenvalue weighted by atomic mass is 35.5. The summed E-state index contributed by atoms with van der Waals surface area (Å²) in [7, 11) is 1.56. The van der Waals surface area contributed by atoms with Crippen molar-refractivity contribution in [2.24, 2.45) is 0 Å². The van der Waals surface area contributed by atoms with Crippen molar-refractivity contribution in [1.29, 1.82) is 0 Å². The molecule has 1 aliphatic rings. The number of hydrogen-bond donors (Lipinski definition) is 1. The minimum absolute atomic E-state index is 0.0192. The Labute approximate surface area is 146 Å². The zero-order valence-corrected chi connectivity index (χ0v) is 14.5. The first-order valence-corrected chi connectivity index (χ1v) is 8.48. The van der Waals surface area contributed by atoms with E-state index in [-0.39, 0.29) is 18.5 Å². The molecule has 1 heterocycles. The van der Waals surface area contributed by atoms with Gasteiger partial charge in [0.2, 0.25) is 5.91 Å². The molecule has 0 atom stereocenters. The summed E-state index contributed by atoms with van der Waals surface area (Å²) in [5, 5.41) is 3.52. The van der Waals surface area contributed by atoms with E-state index in [0.29, 0.717) is 49.5 Å². The lowest BCUT2D eigenvalue weighted by molar-refractivity contribution is -0.122. The summed E-state index contributed by atoms with van der Waals surface area (Å²) >= 11 is 6.07. The van der Waals surface area contributed by atoms with Crippen LogP contribution < -0.4 is 10.1 Å². The van der Waals surface area contributed by atoms with Crippen LogP contribution >= 0.6 is 11.6 Å². The summed E-state index contributed by atoms with van der Waals surface area (Å²) in [6.07, 6.45) is 0.103. The van der Waals surface area contributed by atoms with Crippen molar-refractivity contribution in [3.05, 3.63) is 28.8 Å². The number of halogens is 3. The van der Waals surface area contributed by atoms with Crippen molar-refractivity contribution in [1.82, 2.24) is 10.2 Å². The molecule has 24 heavy (non-hydrogen) atoms. The van der Waals surface area contributed by atoms with E-state index < -0.39 is 6.43 Å². The van der Waals surface area contributed by atoms with Gasteiger partial charge in [-0.1, -0.05) is 17.7 Å². The molecule has 0 aliphatic carbocycles. The van der Waals surface area contributed by atoms with Crippen molar-refractivity contribution in [3.63, 3.8) is 0 Å². The predicted molar refractivity (Wildman–Crippen MR) is 89.9 cm³/mol. The highest BCUT2D eigenvalue weighted by Gasteiger charge is 2.22. The average molecular weight is 361 g/mol.